The van der Waals surface area contributed by atoms with Crippen LogP contribution < -0.4 is 0 Å². The summed E-state index contributed by atoms with van der Waals surface area (Å²) in [6.45, 7) is 4.00. The largest absolute Gasteiger partial charge is 0.303 e. The molecule has 0 aliphatic carbocycles. The summed E-state index contributed by atoms with van der Waals surface area (Å²) in [6.07, 6.45) is 1.22. The molecule has 0 aliphatic heterocycles. The van der Waals surface area contributed by atoms with E-state index in [9.17, 15) is 4.79 Å². The predicted molar refractivity (Wildman–Crippen MR) is 57.6 cm³/mol. The average molecular weight is 219 g/mol. The lowest BCUT2D eigenvalue weighted by Crippen LogP contribution is -1.84. The second kappa shape index (κ2) is 6.93. The number of hydrogen-bond donors (Lipinski definition) is 0. The molecule has 1 rings (SSSR count). The molecule has 0 radical (unpaired) electrons. The minimum absolute atomic E-state index is 0.386. The standard InChI is InChI=1S/C8H6Cl2O.C2H6/c9-7-2-1-6(3-4-11)5-8(7)10;1-2/h1-2,4-5H,3H2;1-2H3. The molecule has 0 saturated carbocycles. The van der Waals surface area contributed by atoms with Gasteiger partial charge < -0.3 is 4.79 Å². The molecule has 0 atom stereocenters. The number of hydrogen-bond acceptors (Lipinski definition) is 1. The Kier molecular flexibility index (Phi) is 6.65. The molecule has 1 aromatic rings. The highest BCUT2D eigenvalue weighted by atomic mass is 35.5. The van der Waals surface area contributed by atoms with E-state index in [0.29, 0.717) is 16.5 Å². The van der Waals surface area contributed by atoms with Gasteiger partial charge in [-0.05, 0) is 17.7 Å². The zero-order valence-electron chi connectivity index (χ0n) is 7.68. The lowest BCUT2D eigenvalue weighted by atomic mass is 10.2. The number of aldehydes is 1. The Hall–Kier alpha value is -0.530. The number of carbonyl (C=O) groups excluding carboxylic acids is 1. The SMILES string of the molecule is CC.O=CCc1ccc(Cl)c(Cl)c1. The highest BCUT2D eigenvalue weighted by molar-refractivity contribution is 6.42. The van der Waals surface area contributed by atoms with Crippen LogP contribution in [0.2, 0.25) is 10.0 Å². The molecule has 0 N–H and O–H groups in total. The van der Waals surface area contributed by atoms with Crippen LogP contribution in [0.5, 0.6) is 0 Å². The van der Waals surface area contributed by atoms with E-state index in [-0.39, 0.29) is 0 Å². The van der Waals surface area contributed by atoms with E-state index in [1.54, 1.807) is 18.2 Å². The predicted octanol–water partition coefficient (Wildman–Crippen LogP) is 3.76. The first-order valence-electron chi connectivity index (χ1n) is 4.11. The topological polar surface area (TPSA) is 17.1 Å². The van der Waals surface area contributed by atoms with Crippen molar-refractivity contribution in [3.63, 3.8) is 0 Å². The van der Waals surface area contributed by atoms with Gasteiger partial charge in [0.05, 0.1) is 10.0 Å². The third-order valence-electron chi connectivity index (χ3n) is 1.30. The summed E-state index contributed by atoms with van der Waals surface area (Å²) in [4.78, 5) is 10.1. The van der Waals surface area contributed by atoms with Gasteiger partial charge >= 0.3 is 0 Å². The van der Waals surface area contributed by atoms with Gasteiger partial charge in [-0.1, -0.05) is 43.1 Å². The van der Waals surface area contributed by atoms with E-state index in [1.807, 2.05) is 13.8 Å². The smallest absolute Gasteiger partial charge is 0.124 e. The molecule has 0 amide bonds. The summed E-state index contributed by atoms with van der Waals surface area (Å²) < 4.78 is 0. The average Bonchev–Trinajstić information content (AvgIpc) is 2.15. The number of carbonyl (C=O) groups is 1. The van der Waals surface area contributed by atoms with Crippen molar-refractivity contribution in [2.24, 2.45) is 0 Å². The molecule has 1 nitrogen and oxygen atoms in total. The molecule has 0 aliphatic rings. The summed E-state index contributed by atoms with van der Waals surface area (Å²) >= 11 is 11.4. The molecule has 13 heavy (non-hydrogen) atoms. The lowest BCUT2D eigenvalue weighted by Gasteiger charge is -1.97. The van der Waals surface area contributed by atoms with Gasteiger partial charge in [-0.25, -0.2) is 0 Å². The monoisotopic (exact) mass is 218 g/mol. The fourth-order valence-corrected chi connectivity index (χ4v) is 1.08. The Labute approximate surface area is 88.7 Å². The number of halogens is 2. The van der Waals surface area contributed by atoms with Crippen molar-refractivity contribution in [1.29, 1.82) is 0 Å². The maximum atomic E-state index is 10.1. The van der Waals surface area contributed by atoms with E-state index < -0.39 is 0 Å². The maximum Gasteiger partial charge on any atom is 0.124 e. The molecule has 72 valence electrons. The van der Waals surface area contributed by atoms with E-state index in [0.717, 1.165) is 11.8 Å². The van der Waals surface area contributed by atoms with Crippen molar-refractivity contribution >= 4 is 29.5 Å². The Morgan fingerprint density at radius 1 is 1.23 bits per heavy atom. The van der Waals surface area contributed by atoms with Crippen molar-refractivity contribution in [1.82, 2.24) is 0 Å². The van der Waals surface area contributed by atoms with Crippen LogP contribution in [-0.2, 0) is 11.2 Å². The van der Waals surface area contributed by atoms with Gasteiger partial charge in [-0.2, -0.15) is 0 Å². The van der Waals surface area contributed by atoms with Crippen LogP contribution in [0.15, 0.2) is 18.2 Å². The molecule has 0 bridgehead atoms. The molecule has 3 heteroatoms. The van der Waals surface area contributed by atoms with Gasteiger partial charge in [0.2, 0.25) is 0 Å². The molecule has 0 aromatic heterocycles. The molecule has 0 spiro atoms. The third kappa shape index (κ3) is 4.30. The summed E-state index contributed by atoms with van der Waals surface area (Å²) in [5.74, 6) is 0. The minimum Gasteiger partial charge on any atom is -0.303 e. The zero-order chi connectivity index (χ0) is 10.3. The van der Waals surface area contributed by atoms with Crippen LogP contribution in [0.1, 0.15) is 19.4 Å². The third-order valence-corrected chi connectivity index (χ3v) is 2.04. The maximum absolute atomic E-state index is 10.1. The zero-order valence-corrected chi connectivity index (χ0v) is 9.19. The minimum atomic E-state index is 0.386. The normalized spacial score (nSPS) is 8.62. The molecule has 0 fully saturated rings. The first kappa shape index (κ1) is 12.5. The van der Waals surface area contributed by atoms with Gasteiger partial charge in [0.25, 0.3) is 0 Å². The van der Waals surface area contributed by atoms with Gasteiger partial charge in [0, 0.05) is 6.42 Å². The van der Waals surface area contributed by atoms with E-state index in [4.69, 9.17) is 23.2 Å². The Bertz CT molecular complexity index is 272. The first-order chi connectivity index (χ1) is 6.24. The molecule has 1 aromatic carbocycles. The van der Waals surface area contributed by atoms with Gasteiger partial charge in [-0.15, -0.1) is 0 Å². The highest BCUT2D eigenvalue weighted by Gasteiger charge is 1.97. The van der Waals surface area contributed by atoms with Gasteiger partial charge in [0.1, 0.15) is 6.29 Å². The van der Waals surface area contributed by atoms with Crippen molar-refractivity contribution in [3.05, 3.63) is 33.8 Å². The molecule has 0 heterocycles. The van der Waals surface area contributed by atoms with Crippen LogP contribution in [0.3, 0.4) is 0 Å². The second-order valence-electron chi connectivity index (χ2n) is 2.12. The summed E-state index contributed by atoms with van der Waals surface area (Å²) in [7, 11) is 0. The van der Waals surface area contributed by atoms with Crippen LogP contribution >= 0.6 is 23.2 Å². The molecular formula is C10H12Cl2O. The first-order valence-corrected chi connectivity index (χ1v) is 4.87. The highest BCUT2D eigenvalue weighted by Crippen LogP contribution is 2.22. The summed E-state index contributed by atoms with van der Waals surface area (Å²) in [5, 5.41) is 1.01. The van der Waals surface area contributed by atoms with Crippen molar-refractivity contribution in [2.75, 3.05) is 0 Å². The van der Waals surface area contributed by atoms with Crippen molar-refractivity contribution < 1.29 is 4.79 Å². The summed E-state index contributed by atoms with van der Waals surface area (Å²) in [5.41, 5.74) is 0.884. The van der Waals surface area contributed by atoms with Gasteiger partial charge in [0.15, 0.2) is 0 Å². The fourth-order valence-electron chi connectivity index (χ4n) is 0.763. The fraction of sp³-hybridized carbons (Fsp3) is 0.300. The number of rotatable bonds is 2. The van der Waals surface area contributed by atoms with E-state index in [2.05, 4.69) is 0 Å². The van der Waals surface area contributed by atoms with Crippen LogP contribution in [0.4, 0.5) is 0 Å². The molecule has 0 unspecified atom stereocenters. The van der Waals surface area contributed by atoms with Crippen LogP contribution in [0, 0.1) is 0 Å². The quantitative estimate of drug-likeness (QED) is 0.692. The Morgan fingerprint density at radius 3 is 2.31 bits per heavy atom. The Morgan fingerprint density at radius 2 is 1.85 bits per heavy atom. The van der Waals surface area contributed by atoms with E-state index in [1.165, 1.54) is 0 Å². The molecule has 0 saturated heterocycles. The Balaban J connectivity index is 0.000000671. The van der Waals surface area contributed by atoms with Crippen LogP contribution in [-0.4, -0.2) is 6.29 Å². The number of benzene rings is 1. The molecular weight excluding hydrogens is 207 g/mol. The second-order valence-corrected chi connectivity index (χ2v) is 2.93. The van der Waals surface area contributed by atoms with Crippen molar-refractivity contribution in [2.45, 2.75) is 20.3 Å². The summed E-state index contributed by atoms with van der Waals surface area (Å²) in [6, 6.07) is 5.16. The van der Waals surface area contributed by atoms with Crippen molar-refractivity contribution in [3.8, 4) is 0 Å². The van der Waals surface area contributed by atoms with E-state index >= 15 is 0 Å². The van der Waals surface area contributed by atoms with Crippen LogP contribution in [0.25, 0.3) is 0 Å². The lowest BCUT2D eigenvalue weighted by molar-refractivity contribution is -0.107. The van der Waals surface area contributed by atoms with Gasteiger partial charge in [-0.3, -0.25) is 0 Å².